The van der Waals surface area contributed by atoms with Crippen molar-refractivity contribution in [1.29, 1.82) is 0 Å². The lowest BCUT2D eigenvalue weighted by molar-refractivity contribution is -0.307. The first-order chi connectivity index (χ1) is 7.99. The Kier molecular flexibility index (Phi) is 4.51. The van der Waals surface area contributed by atoms with Gasteiger partial charge in [-0.05, 0) is 31.5 Å². The smallest absolute Gasteiger partial charge is 0.258 e. The van der Waals surface area contributed by atoms with Crippen molar-refractivity contribution in [3.05, 3.63) is 29.8 Å². The van der Waals surface area contributed by atoms with Gasteiger partial charge in [-0.25, -0.2) is 0 Å². The lowest BCUT2D eigenvalue weighted by Crippen LogP contribution is -2.47. The van der Waals surface area contributed by atoms with Gasteiger partial charge >= 0.3 is 0 Å². The molecule has 0 aliphatic carbocycles. The molecule has 1 atom stereocenters. The highest BCUT2D eigenvalue weighted by Crippen LogP contribution is 2.11. The van der Waals surface area contributed by atoms with Crippen LogP contribution in [0, 0.1) is 6.92 Å². The van der Waals surface area contributed by atoms with Crippen molar-refractivity contribution in [3.63, 3.8) is 0 Å². The minimum atomic E-state index is -1.33. The van der Waals surface area contributed by atoms with Gasteiger partial charge in [0.05, 0.1) is 12.0 Å². The summed E-state index contributed by atoms with van der Waals surface area (Å²) in [7, 11) is 0. The Balaban J connectivity index is 2.41. The monoisotopic (exact) mass is 236 g/mol. The number of hydrogen-bond acceptors (Lipinski definition) is 4. The summed E-state index contributed by atoms with van der Waals surface area (Å²) in [5, 5.41) is 12.6. The molecule has 1 aromatic rings. The molecule has 0 aliphatic rings. The van der Waals surface area contributed by atoms with Crippen molar-refractivity contribution in [3.8, 4) is 5.75 Å². The molecule has 0 spiro atoms. The third-order valence-corrected chi connectivity index (χ3v) is 2.09. The summed E-state index contributed by atoms with van der Waals surface area (Å²) in [6.07, 6.45) is 0. The largest absolute Gasteiger partial charge is 0.548 e. The molecule has 1 aromatic carbocycles. The van der Waals surface area contributed by atoms with Gasteiger partial charge in [0, 0.05) is 0 Å². The number of carboxylic acid groups (broad SMARTS) is 1. The van der Waals surface area contributed by atoms with Crippen LogP contribution >= 0.6 is 0 Å². The summed E-state index contributed by atoms with van der Waals surface area (Å²) in [4.78, 5) is 21.7. The molecule has 5 heteroatoms. The van der Waals surface area contributed by atoms with Crippen molar-refractivity contribution in [2.45, 2.75) is 19.9 Å². The Hall–Kier alpha value is -2.04. The summed E-state index contributed by atoms with van der Waals surface area (Å²) in [6, 6.07) is 6.21. The number of ether oxygens (including phenoxy) is 1. The van der Waals surface area contributed by atoms with Crippen LogP contribution in [0.2, 0.25) is 0 Å². The predicted octanol–water partition coefficient (Wildman–Crippen LogP) is -0.372. The van der Waals surface area contributed by atoms with E-state index in [4.69, 9.17) is 4.74 Å². The quantitative estimate of drug-likeness (QED) is 0.756. The first-order valence-corrected chi connectivity index (χ1v) is 5.18. The molecule has 0 saturated carbocycles. The number of rotatable bonds is 5. The van der Waals surface area contributed by atoms with E-state index in [0.717, 1.165) is 5.56 Å². The SMILES string of the molecule is Cc1cccc(OCC(=O)N[C@@H](C)C(=O)[O-])c1. The molecule has 0 radical (unpaired) electrons. The maximum Gasteiger partial charge on any atom is 0.258 e. The fourth-order valence-corrected chi connectivity index (χ4v) is 1.20. The highest BCUT2D eigenvalue weighted by Gasteiger charge is 2.08. The molecule has 92 valence electrons. The molecule has 0 bridgehead atoms. The van der Waals surface area contributed by atoms with E-state index in [1.807, 2.05) is 19.1 Å². The Morgan fingerprint density at radius 2 is 2.18 bits per heavy atom. The number of benzene rings is 1. The first-order valence-electron chi connectivity index (χ1n) is 5.18. The van der Waals surface area contributed by atoms with Crippen molar-refractivity contribution in [2.75, 3.05) is 6.61 Å². The van der Waals surface area contributed by atoms with Crippen LogP contribution < -0.4 is 15.2 Å². The van der Waals surface area contributed by atoms with Crippen LogP contribution in [-0.2, 0) is 9.59 Å². The summed E-state index contributed by atoms with van der Waals surface area (Å²) < 4.78 is 5.20. The van der Waals surface area contributed by atoms with Gasteiger partial charge in [0.1, 0.15) is 5.75 Å². The highest BCUT2D eigenvalue weighted by molar-refractivity contribution is 5.83. The molecular formula is C12H14NO4-. The third-order valence-electron chi connectivity index (χ3n) is 2.09. The van der Waals surface area contributed by atoms with Crippen molar-refractivity contribution in [1.82, 2.24) is 5.32 Å². The number of carboxylic acids is 1. The van der Waals surface area contributed by atoms with E-state index < -0.39 is 17.9 Å². The van der Waals surface area contributed by atoms with Gasteiger partial charge in [0.15, 0.2) is 6.61 Å². The summed E-state index contributed by atoms with van der Waals surface area (Å²) in [5.41, 5.74) is 1.02. The van der Waals surface area contributed by atoms with Crippen molar-refractivity contribution >= 4 is 11.9 Å². The van der Waals surface area contributed by atoms with Crippen LogP contribution in [0.5, 0.6) is 5.75 Å². The normalized spacial score (nSPS) is 11.6. The zero-order valence-electron chi connectivity index (χ0n) is 9.73. The Morgan fingerprint density at radius 1 is 1.47 bits per heavy atom. The van der Waals surface area contributed by atoms with Crippen LogP contribution in [0.25, 0.3) is 0 Å². The lowest BCUT2D eigenvalue weighted by Gasteiger charge is -2.14. The van der Waals surface area contributed by atoms with Crippen LogP contribution in [0.15, 0.2) is 24.3 Å². The molecule has 1 amide bonds. The van der Waals surface area contributed by atoms with E-state index >= 15 is 0 Å². The third kappa shape index (κ3) is 4.55. The van der Waals surface area contributed by atoms with E-state index in [1.165, 1.54) is 6.92 Å². The van der Waals surface area contributed by atoms with E-state index in [0.29, 0.717) is 5.75 Å². The zero-order chi connectivity index (χ0) is 12.8. The minimum absolute atomic E-state index is 0.221. The molecule has 5 nitrogen and oxygen atoms in total. The molecule has 0 fully saturated rings. The lowest BCUT2D eigenvalue weighted by atomic mass is 10.2. The number of carbonyl (C=O) groups is 2. The molecule has 0 aromatic heterocycles. The Bertz CT molecular complexity index is 417. The average molecular weight is 236 g/mol. The molecule has 17 heavy (non-hydrogen) atoms. The van der Waals surface area contributed by atoms with Crippen molar-refractivity contribution in [2.24, 2.45) is 0 Å². The molecule has 1 N–H and O–H groups in total. The Morgan fingerprint density at radius 3 is 2.76 bits per heavy atom. The second-order valence-corrected chi connectivity index (χ2v) is 3.71. The Labute approximate surface area is 99.4 Å². The van der Waals surface area contributed by atoms with E-state index in [9.17, 15) is 14.7 Å². The number of nitrogens with one attached hydrogen (secondary N) is 1. The number of hydrogen-bond donors (Lipinski definition) is 1. The van der Waals surface area contributed by atoms with Crippen molar-refractivity contribution < 1.29 is 19.4 Å². The highest BCUT2D eigenvalue weighted by atomic mass is 16.5. The number of aryl methyl sites for hydroxylation is 1. The van der Waals surface area contributed by atoms with Gasteiger partial charge < -0.3 is 20.0 Å². The second-order valence-electron chi connectivity index (χ2n) is 3.71. The standard InChI is InChI=1S/C12H15NO4/c1-8-4-3-5-10(6-8)17-7-11(14)13-9(2)12(15)16/h3-6,9H,7H2,1-2H3,(H,13,14)(H,15,16)/p-1/t9-/m0/s1. The van der Waals surface area contributed by atoms with Gasteiger partial charge in [-0.3, -0.25) is 4.79 Å². The second kappa shape index (κ2) is 5.89. The topological polar surface area (TPSA) is 78.5 Å². The summed E-state index contributed by atoms with van der Waals surface area (Å²) in [6.45, 7) is 3.02. The fraction of sp³-hybridized carbons (Fsp3) is 0.333. The van der Waals surface area contributed by atoms with Gasteiger partial charge in [-0.15, -0.1) is 0 Å². The van der Waals surface area contributed by atoms with Gasteiger partial charge in [-0.1, -0.05) is 12.1 Å². The van der Waals surface area contributed by atoms with Gasteiger partial charge in [-0.2, -0.15) is 0 Å². The molecule has 0 aliphatic heterocycles. The fourth-order valence-electron chi connectivity index (χ4n) is 1.20. The minimum Gasteiger partial charge on any atom is -0.548 e. The molecule has 0 heterocycles. The molecule has 1 rings (SSSR count). The predicted molar refractivity (Wildman–Crippen MR) is 59.3 cm³/mol. The van der Waals surface area contributed by atoms with Crippen LogP contribution in [0.3, 0.4) is 0 Å². The van der Waals surface area contributed by atoms with Gasteiger partial charge in [0.2, 0.25) is 0 Å². The van der Waals surface area contributed by atoms with E-state index in [1.54, 1.807) is 12.1 Å². The first kappa shape index (κ1) is 13.0. The van der Waals surface area contributed by atoms with E-state index in [-0.39, 0.29) is 6.61 Å². The van der Waals surface area contributed by atoms with Gasteiger partial charge in [0.25, 0.3) is 5.91 Å². The molecule has 0 saturated heterocycles. The summed E-state index contributed by atoms with van der Waals surface area (Å²) in [5.74, 6) is -1.25. The average Bonchev–Trinajstić information content (AvgIpc) is 2.26. The van der Waals surface area contributed by atoms with E-state index in [2.05, 4.69) is 5.32 Å². The molecule has 0 unspecified atom stereocenters. The number of carbonyl (C=O) groups excluding carboxylic acids is 2. The van der Waals surface area contributed by atoms with Crippen LogP contribution in [0.4, 0.5) is 0 Å². The maximum atomic E-state index is 11.3. The zero-order valence-corrected chi connectivity index (χ0v) is 9.73. The van der Waals surface area contributed by atoms with Crippen LogP contribution in [-0.4, -0.2) is 24.5 Å². The maximum absolute atomic E-state index is 11.3. The number of aliphatic carboxylic acids is 1. The summed E-state index contributed by atoms with van der Waals surface area (Å²) >= 11 is 0. The number of amides is 1. The molecular weight excluding hydrogens is 222 g/mol. The van der Waals surface area contributed by atoms with Crippen LogP contribution in [0.1, 0.15) is 12.5 Å².